The number of aromatic nitrogens is 1. The molecule has 5 rings (SSSR count). The van der Waals surface area contributed by atoms with E-state index in [1.54, 1.807) is 7.11 Å². The van der Waals surface area contributed by atoms with Crippen molar-refractivity contribution in [3.8, 4) is 16.9 Å². The number of hydrogen-bond donors (Lipinski definition) is 0. The van der Waals surface area contributed by atoms with Gasteiger partial charge >= 0.3 is 0 Å². The molecule has 0 spiro atoms. The van der Waals surface area contributed by atoms with Gasteiger partial charge in [-0.05, 0) is 79.9 Å². The van der Waals surface area contributed by atoms with E-state index in [4.69, 9.17) is 4.74 Å². The van der Waals surface area contributed by atoms with E-state index in [9.17, 15) is 0 Å². The van der Waals surface area contributed by atoms with Crippen molar-refractivity contribution in [2.45, 2.75) is 25.7 Å². The van der Waals surface area contributed by atoms with Crippen molar-refractivity contribution < 1.29 is 4.74 Å². The molecule has 1 saturated heterocycles. The van der Waals surface area contributed by atoms with Crippen molar-refractivity contribution in [1.29, 1.82) is 0 Å². The van der Waals surface area contributed by atoms with Crippen molar-refractivity contribution >= 4 is 5.57 Å². The molecule has 0 amide bonds. The first-order valence-corrected chi connectivity index (χ1v) is 10.8. The van der Waals surface area contributed by atoms with Gasteiger partial charge in [-0.3, -0.25) is 4.98 Å². The lowest BCUT2D eigenvalue weighted by molar-refractivity contribution is 0.218. The minimum atomic E-state index is 0.877. The largest absolute Gasteiger partial charge is 0.497 e. The van der Waals surface area contributed by atoms with Crippen molar-refractivity contribution in [3.63, 3.8) is 0 Å². The fraction of sp³-hybridized carbons (Fsp3) is 0.400. The molecule has 4 nitrogen and oxygen atoms in total. The van der Waals surface area contributed by atoms with Crippen LogP contribution in [0.1, 0.15) is 31.2 Å². The number of nitrogens with zero attached hydrogens (tertiary/aromatic N) is 3. The number of pyridine rings is 1. The zero-order chi connectivity index (χ0) is 19.6. The summed E-state index contributed by atoms with van der Waals surface area (Å²) < 4.78 is 5.38. The molecule has 2 aromatic rings. The van der Waals surface area contributed by atoms with Crippen LogP contribution >= 0.6 is 0 Å². The Bertz CT molecular complexity index is 956. The first-order valence-electron chi connectivity index (χ1n) is 10.8. The quantitative estimate of drug-likeness (QED) is 0.694. The summed E-state index contributed by atoms with van der Waals surface area (Å²) in [5.41, 5.74) is 7.84. The molecule has 3 heterocycles. The highest BCUT2D eigenvalue weighted by atomic mass is 16.5. The van der Waals surface area contributed by atoms with Gasteiger partial charge in [0.25, 0.3) is 0 Å². The Hall–Kier alpha value is -2.59. The molecule has 3 aliphatic rings. The molecule has 1 aromatic heterocycles. The molecule has 1 fully saturated rings. The Morgan fingerprint density at radius 1 is 0.966 bits per heavy atom. The minimum Gasteiger partial charge on any atom is -0.497 e. The van der Waals surface area contributed by atoms with Crippen LogP contribution in [-0.4, -0.2) is 54.6 Å². The van der Waals surface area contributed by atoms with E-state index in [0.29, 0.717) is 0 Å². The molecule has 29 heavy (non-hydrogen) atoms. The zero-order valence-electron chi connectivity index (χ0n) is 17.2. The summed E-state index contributed by atoms with van der Waals surface area (Å²) in [7, 11) is 1.71. The lowest BCUT2D eigenvalue weighted by atomic mass is 10.0. The molecule has 1 aliphatic carbocycles. The third kappa shape index (κ3) is 3.95. The van der Waals surface area contributed by atoms with E-state index in [1.165, 1.54) is 67.7 Å². The van der Waals surface area contributed by atoms with E-state index in [-0.39, 0.29) is 0 Å². The van der Waals surface area contributed by atoms with Gasteiger partial charge in [0.2, 0.25) is 0 Å². The Kier molecular flexibility index (Phi) is 5.11. The van der Waals surface area contributed by atoms with Crippen LogP contribution in [0.25, 0.3) is 16.7 Å². The maximum Gasteiger partial charge on any atom is 0.119 e. The third-order valence-corrected chi connectivity index (χ3v) is 6.33. The number of methoxy groups -OCH3 is 1. The molecule has 0 radical (unpaired) electrons. The second-order valence-electron chi connectivity index (χ2n) is 8.29. The fourth-order valence-electron chi connectivity index (χ4n) is 4.65. The van der Waals surface area contributed by atoms with Gasteiger partial charge in [0, 0.05) is 42.3 Å². The van der Waals surface area contributed by atoms with Crippen molar-refractivity contribution in [2.24, 2.45) is 0 Å². The van der Waals surface area contributed by atoms with Crippen LogP contribution in [0, 0.1) is 0 Å². The second-order valence-corrected chi connectivity index (χ2v) is 8.29. The highest BCUT2D eigenvalue weighted by Gasteiger charge is 2.34. The van der Waals surface area contributed by atoms with E-state index in [0.717, 1.165) is 30.0 Å². The highest BCUT2D eigenvalue weighted by Crippen LogP contribution is 2.45. The molecular weight excluding hydrogens is 358 g/mol. The first-order chi connectivity index (χ1) is 14.3. The van der Waals surface area contributed by atoms with Gasteiger partial charge in [-0.15, -0.1) is 0 Å². The molecule has 150 valence electrons. The number of likely N-dealkylation sites (tertiary alicyclic amines) is 1. The molecule has 0 N–H and O–H groups in total. The fourth-order valence-corrected chi connectivity index (χ4v) is 4.65. The van der Waals surface area contributed by atoms with Crippen LogP contribution in [0.15, 0.2) is 60.1 Å². The highest BCUT2D eigenvalue weighted by molar-refractivity contribution is 5.87. The van der Waals surface area contributed by atoms with Gasteiger partial charge in [-0.2, -0.15) is 0 Å². The lowest BCUT2D eigenvalue weighted by Crippen LogP contribution is -2.32. The summed E-state index contributed by atoms with van der Waals surface area (Å²) in [4.78, 5) is 9.72. The summed E-state index contributed by atoms with van der Waals surface area (Å²) in [5, 5.41) is 0. The van der Waals surface area contributed by atoms with Crippen LogP contribution in [0.4, 0.5) is 0 Å². The van der Waals surface area contributed by atoms with Gasteiger partial charge in [0.15, 0.2) is 0 Å². The molecule has 0 saturated carbocycles. The topological polar surface area (TPSA) is 28.6 Å². The summed E-state index contributed by atoms with van der Waals surface area (Å²) in [6, 6.07) is 10.5. The third-order valence-electron chi connectivity index (χ3n) is 6.33. The van der Waals surface area contributed by atoms with E-state index < -0.39 is 0 Å². The number of ether oxygens (including phenoxy) is 1. The van der Waals surface area contributed by atoms with Crippen molar-refractivity contribution in [3.05, 3.63) is 65.6 Å². The molecule has 1 aromatic carbocycles. The Labute approximate surface area is 173 Å². The monoisotopic (exact) mass is 387 g/mol. The van der Waals surface area contributed by atoms with Gasteiger partial charge in [-0.1, -0.05) is 18.6 Å². The number of hydrogen-bond acceptors (Lipinski definition) is 4. The van der Waals surface area contributed by atoms with Crippen molar-refractivity contribution in [1.82, 2.24) is 14.8 Å². The molecule has 2 aliphatic heterocycles. The van der Waals surface area contributed by atoms with Crippen molar-refractivity contribution in [2.75, 3.05) is 39.8 Å². The SMILES string of the molecule is COc1cccc(-c2cncc(C3=C4C=C4N(CCCN4CCCCC4)C3)c2)c1. The van der Waals surface area contributed by atoms with Crippen LogP contribution in [0.5, 0.6) is 5.75 Å². The minimum absolute atomic E-state index is 0.877. The van der Waals surface area contributed by atoms with Gasteiger partial charge in [0.05, 0.1) is 7.11 Å². The average molecular weight is 388 g/mol. The molecule has 0 unspecified atom stereocenters. The van der Waals surface area contributed by atoms with Gasteiger partial charge in [-0.25, -0.2) is 0 Å². The molecule has 0 atom stereocenters. The number of allylic oxidation sites excluding steroid dienone is 2. The summed E-state index contributed by atoms with van der Waals surface area (Å²) in [5.74, 6) is 0.877. The smallest absolute Gasteiger partial charge is 0.119 e. The van der Waals surface area contributed by atoms with Crippen LogP contribution in [0.3, 0.4) is 0 Å². The Balaban J connectivity index is 1.24. The summed E-state index contributed by atoms with van der Waals surface area (Å²) >= 11 is 0. The zero-order valence-corrected chi connectivity index (χ0v) is 17.2. The predicted molar refractivity (Wildman–Crippen MR) is 118 cm³/mol. The normalized spacial score (nSPS) is 18.7. The molecule has 4 heteroatoms. The Morgan fingerprint density at radius 2 is 1.83 bits per heavy atom. The summed E-state index contributed by atoms with van der Waals surface area (Å²) in [6.45, 7) is 5.99. The van der Waals surface area contributed by atoms with E-state index >= 15 is 0 Å². The number of piperidine rings is 1. The summed E-state index contributed by atoms with van der Waals surface area (Å²) in [6.07, 6.45) is 11.7. The van der Waals surface area contributed by atoms with Gasteiger partial charge < -0.3 is 14.5 Å². The van der Waals surface area contributed by atoms with E-state index in [1.807, 2.05) is 24.5 Å². The Morgan fingerprint density at radius 3 is 2.69 bits per heavy atom. The van der Waals surface area contributed by atoms with Gasteiger partial charge in [0.1, 0.15) is 5.75 Å². The second kappa shape index (κ2) is 8.03. The average Bonchev–Trinajstić information content (AvgIpc) is 3.50. The number of benzene rings is 1. The van der Waals surface area contributed by atoms with E-state index in [2.05, 4.69) is 39.1 Å². The number of rotatable bonds is 7. The van der Waals surface area contributed by atoms with Crippen LogP contribution in [0.2, 0.25) is 0 Å². The van der Waals surface area contributed by atoms with Crippen LogP contribution in [-0.2, 0) is 0 Å². The maximum atomic E-state index is 5.38. The first kappa shape index (κ1) is 18.4. The standard InChI is InChI=1S/C25H29N3O/c1-29-22-8-5-7-19(14-22)20-13-21(17-26-16-20)24-18-28(25-15-23(24)25)12-6-11-27-9-3-2-4-10-27/h5,7-8,13-17H,2-4,6,9-12,18H2,1H3. The predicted octanol–water partition coefficient (Wildman–Crippen LogP) is 4.60. The molecule has 0 bridgehead atoms. The molecular formula is C25H29N3O. The van der Waals surface area contributed by atoms with Crippen LogP contribution < -0.4 is 4.74 Å². The lowest BCUT2D eigenvalue weighted by Gasteiger charge is -2.27. The maximum absolute atomic E-state index is 5.38. The number of fused-ring (bicyclic) bond motifs is 1.